The van der Waals surface area contributed by atoms with E-state index in [1.165, 1.54) is 0 Å². The molecule has 0 atom stereocenters. The third kappa shape index (κ3) is 6.26. The van der Waals surface area contributed by atoms with Crippen molar-refractivity contribution >= 4 is 0 Å². The predicted molar refractivity (Wildman–Crippen MR) is 81.6 cm³/mol. The monoisotopic (exact) mass is 281 g/mol. The number of benzene rings is 1. The Morgan fingerprint density at radius 2 is 1.90 bits per heavy atom. The minimum Gasteiger partial charge on any atom is -0.497 e. The summed E-state index contributed by atoms with van der Waals surface area (Å²) in [5.74, 6) is 1.72. The van der Waals surface area contributed by atoms with Gasteiger partial charge < -0.3 is 19.5 Å². The lowest BCUT2D eigenvalue weighted by atomic mass is 10.1. The van der Waals surface area contributed by atoms with Gasteiger partial charge in [0.1, 0.15) is 18.1 Å². The maximum absolute atomic E-state index is 5.78. The first-order valence-electron chi connectivity index (χ1n) is 7.08. The van der Waals surface area contributed by atoms with E-state index >= 15 is 0 Å². The zero-order valence-corrected chi connectivity index (χ0v) is 13.3. The van der Waals surface area contributed by atoms with Gasteiger partial charge in [-0.3, -0.25) is 0 Å². The molecule has 1 aromatic carbocycles. The Morgan fingerprint density at radius 3 is 2.50 bits per heavy atom. The summed E-state index contributed by atoms with van der Waals surface area (Å²) in [6, 6.07) is 5.87. The summed E-state index contributed by atoms with van der Waals surface area (Å²) in [5.41, 5.74) is 1.15. The molecule has 0 aliphatic rings. The van der Waals surface area contributed by atoms with Gasteiger partial charge in [-0.2, -0.15) is 0 Å². The fraction of sp³-hybridized carbons (Fsp3) is 0.625. The second kappa shape index (κ2) is 8.12. The van der Waals surface area contributed by atoms with Crippen molar-refractivity contribution in [3.8, 4) is 11.5 Å². The summed E-state index contributed by atoms with van der Waals surface area (Å²) in [7, 11) is 1.67. The molecule has 0 unspecified atom stereocenters. The van der Waals surface area contributed by atoms with Gasteiger partial charge in [0.15, 0.2) is 0 Å². The van der Waals surface area contributed by atoms with Gasteiger partial charge in [0.25, 0.3) is 0 Å². The molecule has 0 aliphatic heterocycles. The minimum absolute atomic E-state index is 0.0612. The Hall–Kier alpha value is -1.26. The molecule has 0 saturated heterocycles. The Kier molecular flexibility index (Phi) is 6.82. The summed E-state index contributed by atoms with van der Waals surface area (Å²) in [4.78, 5) is 0. The number of nitrogens with one attached hydrogen (secondary N) is 1. The van der Waals surface area contributed by atoms with Gasteiger partial charge in [-0.1, -0.05) is 0 Å². The van der Waals surface area contributed by atoms with Crippen LogP contribution in [0.15, 0.2) is 18.2 Å². The van der Waals surface area contributed by atoms with Gasteiger partial charge in [-0.05, 0) is 45.9 Å². The number of methoxy groups -OCH3 is 1. The van der Waals surface area contributed by atoms with E-state index in [-0.39, 0.29) is 5.54 Å². The number of ether oxygens (including phenoxy) is 3. The quantitative estimate of drug-likeness (QED) is 0.744. The summed E-state index contributed by atoms with van der Waals surface area (Å²) in [5, 5.41) is 3.46. The van der Waals surface area contributed by atoms with Crippen LogP contribution in [0.1, 0.15) is 33.3 Å². The topological polar surface area (TPSA) is 39.7 Å². The highest BCUT2D eigenvalue weighted by Gasteiger charge is 2.12. The van der Waals surface area contributed by atoms with Crippen LogP contribution in [0.3, 0.4) is 0 Å². The van der Waals surface area contributed by atoms with Crippen LogP contribution >= 0.6 is 0 Å². The lowest BCUT2D eigenvalue weighted by Crippen LogP contribution is -2.35. The second-order valence-electron chi connectivity index (χ2n) is 5.62. The molecule has 114 valence electrons. The average Bonchev–Trinajstić information content (AvgIpc) is 2.41. The highest BCUT2D eigenvalue weighted by atomic mass is 16.5. The Morgan fingerprint density at radius 1 is 1.15 bits per heavy atom. The first kappa shape index (κ1) is 16.8. The molecule has 0 saturated carbocycles. The molecule has 4 nitrogen and oxygen atoms in total. The standard InChI is InChI=1S/C16H27NO3/c1-6-19-9-10-20-15-8-7-14(18-5)11-13(15)12-17-16(2,3)4/h7-8,11,17H,6,9-10,12H2,1-5H3. The molecule has 0 fully saturated rings. The molecule has 0 heterocycles. The maximum atomic E-state index is 5.78. The molecule has 0 aliphatic carbocycles. The van der Waals surface area contributed by atoms with Gasteiger partial charge >= 0.3 is 0 Å². The lowest BCUT2D eigenvalue weighted by molar-refractivity contribution is 0.109. The Bertz CT molecular complexity index is 399. The molecular formula is C16H27NO3. The molecule has 0 amide bonds. The van der Waals surface area contributed by atoms with Crippen LogP contribution in [-0.4, -0.2) is 32.5 Å². The van der Waals surface area contributed by atoms with Crippen LogP contribution in [0.5, 0.6) is 11.5 Å². The summed E-state index contributed by atoms with van der Waals surface area (Å²) in [6.45, 7) is 11.0. The Balaban J connectivity index is 2.70. The van der Waals surface area contributed by atoms with E-state index in [0.717, 1.165) is 23.6 Å². The number of rotatable bonds is 8. The maximum Gasteiger partial charge on any atom is 0.124 e. The highest BCUT2D eigenvalue weighted by Crippen LogP contribution is 2.24. The van der Waals surface area contributed by atoms with E-state index in [0.29, 0.717) is 19.8 Å². The third-order valence-electron chi connectivity index (χ3n) is 2.77. The van der Waals surface area contributed by atoms with E-state index in [1.54, 1.807) is 7.11 Å². The largest absolute Gasteiger partial charge is 0.497 e. The molecule has 1 N–H and O–H groups in total. The number of hydrogen-bond acceptors (Lipinski definition) is 4. The van der Waals surface area contributed by atoms with Crippen molar-refractivity contribution in [3.63, 3.8) is 0 Å². The van der Waals surface area contributed by atoms with Crippen LogP contribution < -0.4 is 14.8 Å². The van der Waals surface area contributed by atoms with Crippen molar-refractivity contribution in [1.29, 1.82) is 0 Å². The fourth-order valence-electron chi connectivity index (χ4n) is 1.68. The summed E-state index contributed by atoms with van der Waals surface area (Å²) in [6.07, 6.45) is 0. The Labute approximate surface area is 122 Å². The van der Waals surface area contributed by atoms with Gasteiger partial charge in [0.05, 0.1) is 13.7 Å². The highest BCUT2D eigenvalue weighted by molar-refractivity contribution is 5.40. The predicted octanol–water partition coefficient (Wildman–Crippen LogP) is 3.00. The van der Waals surface area contributed by atoms with Crippen LogP contribution in [0.25, 0.3) is 0 Å². The molecule has 1 aromatic rings. The molecule has 0 aromatic heterocycles. The van der Waals surface area contributed by atoms with Crippen molar-refractivity contribution in [1.82, 2.24) is 5.32 Å². The molecule has 0 radical (unpaired) electrons. The second-order valence-corrected chi connectivity index (χ2v) is 5.62. The fourth-order valence-corrected chi connectivity index (χ4v) is 1.68. The number of hydrogen-bond donors (Lipinski definition) is 1. The van der Waals surface area contributed by atoms with E-state index in [2.05, 4.69) is 26.1 Å². The van der Waals surface area contributed by atoms with Gasteiger partial charge in [0, 0.05) is 24.3 Å². The summed E-state index contributed by atoms with van der Waals surface area (Å²) >= 11 is 0. The average molecular weight is 281 g/mol. The molecule has 1 rings (SSSR count). The SMILES string of the molecule is CCOCCOc1ccc(OC)cc1CNC(C)(C)C. The molecule has 4 heteroatoms. The van der Waals surface area contributed by atoms with Crippen LogP contribution in [0, 0.1) is 0 Å². The summed E-state index contributed by atoms with van der Waals surface area (Å²) < 4.78 is 16.3. The molecule has 0 bridgehead atoms. The molecular weight excluding hydrogens is 254 g/mol. The van der Waals surface area contributed by atoms with Gasteiger partial charge in [-0.25, -0.2) is 0 Å². The normalized spacial score (nSPS) is 11.4. The van der Waals surface area contributed by atoms with Crippen molar-refractivity contribution in [3.05, 3.63) is 23.8 Å². The van der Waals surface area contributed by atoms with Crippen molar-refractivity contribution < 1.29 is 14.2 Å². The van der Waals surface area contributed by atoms with Crippen LogP contribution in [-0.2, 0) is 11.3 Å². The third-order valence-corrected chi connectivity index (χ3v) is 2.77. The molecule has 20 heavy (non-hydrogen) atoms. The van der Waals surface area contributed by atoms with E-state index in [4.69, 9.17) is 14.2 Å². The first-order chi connectivity index (χ1) is 9.46. The molecule has 0 spiro atoms. The van der Waals surface area contributed by atoms with Crippen molar-refractivity contribution in [2.24, 2.45) is 0 Å². The first-order valence-corrected chi connectivity index (χ1v) is 7.08. The van der Waals surface area contributed by atoms with Crippen molar-refractivity contribution in [2.75, 3.05) is 26.9 Å². The van der Waals surface area contributed by atoms with Crippen molar-refractivity contribution in [2.45, 2.75) is 39.8 Å². The van der Waals surface area contributed by atoms with Crippen LogP contribution in [0.2, 0.25) is 0 Å². The van der Waals surface area contributed by atoms with E-state index in [1.807, 2.05) is 25.1 Å². The van der Waals surface area contributed by atoms with E-state index in [9.17, 15) is 0 Å². The zero-order valence-electron chi connectivity index (χ0n) is 13.3. The van der Waals surface area contributed by atoms with Gasteiger partial charge in [0.2, 0.25) is 0 Å². The minimum atomic E-state index is 0.0612. The van der Waals surface area contributed by atoms with Crippen LogP contribution in [0.4, 0.5) is 0 Å². The zero-order chi connectivity index (χ0) is 15.0. The van der Waals surface area contributed by atoms with Gasteiger partial charge in [-0.15, -0.1) is 0 Å². The lowest BCUT2D eigenvalue weighted by Gasteiger charge is -2.22. The van der Waals surface area contributed by atoms with E-state index < -0.39 is 0 Å². The smallest absolute Gasteiger partial charge is 0.124 e.